The number of hydrogen-bond acceptors (Lipinski definition) is 2. The van der Waals surface area contributed by atoms with E-state index in [9.17, 15) is 4.79 Å². The third-order valence-electron chi connectivity index (χ3n) is 7.66. The van der Waals surface area contributed by atoms with Crippen LogP contribution in [0.3, 0.4) is 0 Å². The molecule has 1 aliphatic heterocycles. The highest BCUT2D eigenvalue weighted by atomic mass is 35.5. The van der Waals surface area contributed by atoms with Gasteiger partial charge in [-0.25, -0.2) is 0 Å². The Balaban J connectivity index is 1.79. The van der Waals surface area contributed by atoms with Gasteiger partial charge >= 0.3 is 0 Å². The van der Waals surface area contributed by atoms with Gasteiger partial charge in [0.1, 0.15) is 0 Å². The van der Waals surface area contributed by atoms with E-state index in [1.165, 1.54) is 22.3 Å². The molecule has 4 heteroatoms. The summed E-state index contributed by atoms with van der Waals surface area (Å²) >= 11 is 6.28. The van der Waals surface area contributed by atoms with Crippen LogP contribution < -0.4 is 0 Å². The van der Waals surface area contributed by atoms with Gasteiger partial charge in [0.2, 0.25) is 5.91 Å². The van der Waals surface area contributed by atoms with E-state index >= 15 is 0 Å². The van der Waals surface area contributed by atoms with Crippen molar-refractivity contribution in [1.29, 1.82) is 0 Å². The zero-order chi connectivity index (χ0) is 23.6. The lowest BCUT2D eigenvalue weighted by atomic mass is 9.67. The topological polar surface area (TPSA) is 32.7 Å². The summed E-state index contributed by atoms with van der Waals surface area (Å²) in [5.74, 6) is 0.248. The number of fused-ring (bicyclic) bond motifs is 2. The molecule has 0 N–H and O–H groups in total. The van der Waals surface area contributed by atoms with Crippen molar-refractivity contribution < 1.29 is 4.79 Å². The van der Waals surface area contributed by atoms with E-state index in [2.05, 4.69) is 69.0 Å². The fraction of sp³-hybridized carbons (Fsp3) is 0.448. The average Bonchev–Trinajstić information content (AvgIpc) is 3.14. The summed E-state index contributed by atoms with van der Waals surface area (Å²) in [5, 5.41) is 0.729. The molecule has 33 heavy (non-hydrogen) atoms. The van der Waals surface area contributed by atoms with Crippen LogP contribution >= 0.6 is 11.6 Å². The number of carbonyl (C=O) groups excluding carboxylic acids is 1. The normalized spacial score (nSPS) is 20.9. The summed E-state index contributed by atoms with van der Waals surface area (Å²) in [6.45, 7) is 8.65. The molecule has 0 spiro atoms. The van der Waals surface area contributed by atoms with Crippen molar-refractivity contribution in [2.75, 3.05) is 0 Å². The molecule has 2 aromatic carbocycles. The summed E-state index contributed by atoms with van der Waals surface area (Å²) in [4.78, 5) is 20.6. The Hall–Kier alpha value is -2.39. The Morgan fingerprint density at radius 2 is 1.73 bits per heavy atom. The maximum Gasteiger partial charge on any atom is 0.223 e. The van der Waals surface area contributed by atoms with Crippen LogP contribution in [0.25, 0.3) is 5.70 Å². The Kier molecular flexibility index (Phi) is 7.09. The number of allylic oxidation sites excluding steroid dienone is 1. The molecule has 0 bridgehead atoms. The van der Waals surface area contributed by atoms with Crippen molar-refractivity contribution in [1.82, 2.24) is 4.90 Å². The monoisotopic (exact) mass is 462 g/mol. The lowest BCUT2D eigenvalue weighted by Crippen LogP contribution is -2.45. The molecule has 0 saturated carbocycles. The first-order valence-electron chi connectivity index (χ1n) is 12.4. The van der Waals surface area contributed by atoms with E-state index in [1.807, 2.05) is 18.3 Å². The van der Waals surface area contributed by atoms with Crippen molar-refractivity contribution in [3.8, 4) is 0 Å². The SMILES string of the molecule is CCC(C)N(C(=O)CCC1(c2ccc(Cl)cc2)C2=C(N=CCC2)c2ccccc21)C(C)CC. The van der Waals surface area contributed by atoms with Gasteiger partial charge in [-0.1, -0.05) is 61.8 Å². The van der Waals surface area contributed by atoms with Crippen molar-refractivity contribution in [2.45, 2.75) is 83.7 Å². The summed E-state index contributed by atoms with van der Waals surface area (Å²) in [7, 11) is 0. The number of carbonyl (C=O) groups is 1. The summed E-state index contributed by atoms with van der Waals surface area (Å²) in [6, 6.07) is 17.3. The zero-order valence-electron chi connectivity index (χ0n) is 20.3. The van der Waals surface area contributed by atoms with E-state index in [0.717, 1.165) is 42.8 Å². The molecule has 0 fully saturated rings. The molecule has 4 rings (SSSR count). The van der Waals surface area contributed by atoms with Crippen molar-refractivity contribution >= 4 is 29.4 Å². The number of rotatable bonds is 8. The number of nitrogens with zero attached hydrogens (tertiary/aromatic N) is 2. The molecular formula is C29H35ClN2O. The van der Waals surface area contributed by atoms with E-state index in [0.29, 0.717) is 6.42 Å². The first-order chi connectivity index (χ1) is 15.9. The summed E-state index contributed by atoms with van der Waals surface area (Å²) in [5.41, 5.74) is 5.77. The van der Waals surface area contributed by atoms with Gasteiger partial charge in [0.25, 0.3) is 0 Å². The maximum absolute atomic E-state index is 13.7. The molecule has 3 atom stereocenters. The second-order valence-corrected chi connectivity index (χ2v) is 9.89. The van der Waals surface area contributed by atoms with E-state index in [4.69, 9.17) is 16.6 Å². The first-order valence-corrected chi connectivity index (χ1v) is 12.7. The second-order valence-electron chi connectivity index (χ2n) is 9.45. The van der Waals surface area contributed by atoms with E-state index in [1.54, 1.807) is 0 Å². The second kappa shape index (κ2) is 9.85. The number of halogens is 1. The molecule has 2 aromatic rings. The Labute approximate surface area is 203 Å². The van der Waals surface area contributed by atoms with Gasteiger partial charge in [-0.2, -0.15) is 0 Å². The fourth-order valence-corrected chi connectivity index (χ4v) is 5.80. The first kappa shape index (κ1) is 23.8. The lowest BCUT2D eigenvalue weighted by molar-refractivity contribution is -0.136. The van der Waals surface area contributed by atoms with Gasteiger partial charge in [-0.05, 0) is 74.8 Å². The molecule has 0 aromatic heterocycles. The molecular weight excluding hydrogens is 428 g/mol. The molecule has 1 amide bonds. The molecule has 2 aliphatic rings. The Bertz CT molecular complexity index is 1060. The predicted octanol–water partition coefficient (Wildman–Crippen LogP) is 7.42. The maximum atomic E-state index is 13.7. The Morgan fingerprint density at radius 3 is 2.39 bits per heavy atom. The van der Waals surface area contributed by atoms with Crippen LogP contribution in [0.2, 0.25) is 5.02 Å². The van der Waals surface area contributed by atoms with Crippen LogP contribution in [0.5, 0.6) is 0 Å². The minimum atomic E-state index is -0.347. The molecule has 1 aliphatic carbocycles. The van der Waals surface area contributed by atoms with Gasteiger partial charge in [-0.3, -0.25) is 9.79 Å². The minimum Gasteiger partial charge on any atom is -0.337 e. The molecule has 174 valence electrons. The third-order valence-corrected chi connectivity index (χ3v) is 7.91. The molecule has 3 nitrogen and oxygen atoms in total. The standard InChI is InChI=1S/C29H35ClN2O/c1-5-20(3)32(21(4)6-2)27(33)17-18-29(22-13-15-23(30)16-14-22)25-11-8-7-10-24(25)28-26(29)12-9-19-31-28/h7-8,10-11,13-16,19-21H,5-6,9,12,17-18H2,1-4H3. The van der Waals surface area contributed by atoms with E-state index in [-0.39, 0.29) is 23.4 Å². The van der Waals surface area contributed by atoms with Gasteiger partial charge in [-0.15, -0.1) is 0 Å². The minimum absolute atomic E-state index is 0.240. The quantitative estimate of drug-likeness (QED) is 0.401. The number of hydrogen-bond donors (Lipinski definition) is 0. The average molecular weight is 463 g/mol. The van der Waals surface area contributed by atoms with Crippen LogP contribution in [0.4, 0.5) is 0 Å². The predicted molar refractivity (Wildman–Crippen MR) is 139 cm³/mol. The van der Waals surface area contributed by atoms with Gasteiger partial charge < -0.3 is 4.90 Å². The van der Waals surface area contributed by atoms with Crippen LogP contribution in [-0.2, 0) is 10.2 Å². The van der Waals surface area contributed by atoms with Gasteiger partial charge in [0, 0.05) is 40.7 Å². The van der Waals surface area contributed by atoms with Crippen LogP contribution in [0.1, 0.15) is 82.9 Å². The smallest absolute Gasteiger partial charge is 0.223 e. The van der Waals surface area contributed by atoms with Crippen LogP contribution in [-0.4, -0.2) is 29.1 Å². The summed E-state index contributed by atoms with van der Waals surface area (Å²) in [6.07, 6.45) is 7.10. The van der Waals surface area contributed by atoms with Crippen molar-refractivity contribution in [3.63, 3.8) is 0 Å². The lowest BCUT2D eigenvalue weighted by Gasteiger charge is -2.38. The number of aliphatic imine (C=N–C) groups is 1. The fourth-order valence-electron chi connectivity index (χ4n) is 5.67. The zero-order valence-corrected chi connectivity index (χ0v) is 21.0. The molecule has 1 heterocycles. The molecule has 0 radical (unpaired) electrons. The summed E-state index contributed by atoms with van der Waals surface area (Å²) < 4.78 is 0. The van der Waals surface area contributed by atoms with Crippen LogP contribution in [0, 0.1) is 0 Å². The number of benzene rings is 2. The van der Waals surface area contributed by atoms with Gasteiger partial charge in [0.05, 0.1) is 5.70 Å². The number of amides is 1. The molecule has 3 unspecified atom stereocenters. The molecule has 0 saturated heterocycles. The van der Waals surface area contributed by atoms with Crippen molar-refractivity contribution in [3.05, 3.63) is 75.8 Å². The third kappa shape index (κ3) is 4.17. The Morgan fingerprint density at radius 1 is 1.06 bits per heavy atom. The highest BCUT2D eigenvalue weighted by Gasteiger charge is 2.47. The van der Waals surface area contributed by atoms with Crippen molar-refractivity contribution in [2.24, 2.45) is 4.99 Å². The largest absolute Gasteiger partial charge is 0.337 e. The van der Waals surface area contributed by atoms with Gasteiger partial charge in [0.15, 0.2) is 0 Å². The highest BCUT2D eigenvalue weighted by Crippen LogP contribution is 2.55. The van der Waals surface area contributed by atoms with Crippen LogP contribution in [0.15, 0.2) is 59.1 Å². The highest BCUT2D eigenvalue weighted by molar-refractivity contribution is 6.30. The van der Waals surface area contributed by atoms with E-state index < -0.39 is 0 Å².